The second-order valence-corrected chi connectivity index (χ2v) is 15.8. The molecule has 1 fully saturated rings. The first kappa shape index (κ1) is 39.5. The van der Waals surface area contributed by atoms with Gasteiger partial charge in [-0.2, -0.15) is 0 Å². The number of nitrogens with one attached hydrogen (secondary N) is 2. The fraction of sp³-hybridized carbons (Fsp3) is 0.429. The van der Waals surface area contributed by atoms with Gasteiger partial charge in [-0.15, -0.1) is 22.7 Å². The van der Waals surface area contributed by atoms with Crippen molar-refractivity contribution in [2.24, 2.45) is 0 Å². The fourth-order valence-electron chi connectivity index (χ4n) is 7.32. The van der Waals surface area contributed by atoms with E-state index in [9.17, 15) is 19.8 Å². The molecule has 0 aliphatic heterocycles. The Bertz CT molecular complexity index is 1990. The monoisotopic (exact) mass is 773 g/mol. The van der Waals surface area contributed by atoms with Crippen LogP contribution in [0.2, 0.25) is 0 Å². The average molecular weight is 774 g/mol. The van der Waals surface area contributed by atoms with Crippen LogP contribution in [-0.4, -0.2) is 72.1 Å². The van der Waals surface area contributed by atoms with Gasteiger partial charge in [0.05, 0.1) is 29.0 Å². The molecule has 0 atom stereocenters. The predicted molar refractivity (Wildman–Crippen MR) is 215 cm³/mol. The molecule has 4 N–H and O–H groups in total. The van der Waals surface area contributed by atoms with E-state index < -0.39 is 11.6 Å². The number of carbonyl (C=O) groups excluding carboxylic acids is 1. The van der Waals surface area contributed by atoms with E-state index in [4.69, 9.17) is 14.2 Å². The maximum atomic E-state index is 13.4. The maximum Gasteiger partial charge on any atom is 0.349 e. The van der Waals surface area contributed by atoms with Crippen molar-refractivity contribution in [1.82, 2.24) is 15.2 Å². The summed E-state index contributed by atoms with van der Waals surface area (Å²) in [7, 11) is 3.85. The summed E-state index contributed by atoms with van der Waals surface area (Å²) in [6.45, 7) is 5.05. The molecule has 0 saturated heterocycles. The van der Waals surface area contributed by atoms with Crippen LogP contribution < -0.4 is 20.3 Å². The van der Waals surface area contributed by atoms with Crippen molar-refractivity contribution >= 4 is 39.5 Å². The first-order valence-electron chi connectivity index (χ1n) is 18.8. The third-order valence-electron chi connectivity index (χ3n) is 10.4. The lowest BCUT2D eigenvalue weighted by Crippen LogP contribution is -2.42. The SMILES string of the molecule is CCc1cc(CNCCc2ccc(O)c3[nH]c(=O)ccc23)c(OC)cc1OCCCCN(C)C1CCC(OC(=O)C(O)(c2cccs2)c2cccs2)CC1. The standard InChI is InChI=1S/C42H51N3O7S2/c1-4-28-25-30(27-43-20-19-29-11-17-34(46)40-33(29)16-18-39(47)44-40)35(50-3)26-36(28)51-22-6-5-21-45(2)31-12-14-32(15-13-31)52-41(48)42(49,37-9-7-23-53-37)38-10-8-24-54-38/h7-11,16-18,23-26,31-32,43,46,49H,4-6,12-15,19-22,27H2,1-3H3,(H,44,47). The van der Waals surface area contributed by atoms with Gasteiger partial charge in [0.1, 0.15) is 23.4 Å². The molecule has 0 amide bonds. The molecular weight excluding hydrogens is 723 g/mol. The smallest absolute Gasteiger partial charge is 0.349 e. The summed E-state index contributed by atoms with van der Waals surface area (Å²) in [5.74, 6) is 1.12. The van der Waals surface area contributed by atoms with Gasteiger partial charge < -0.3 is 39.6 Å². The minimum absolute atomic E-state index is 0.0678. The number of hydrogen-bond acceptors (Lipinski definition) is 11. The molecule has 10 nitrogen and oxygen atoms in total. The molecule has 6 rings (SSSR count). The Morgan fingerprint density at radius 1 is 0.963 bits per heavy atom. The molecular formula is C42H51N3O7S2. The number of fused-ring (bicyclic) bond motifs is 1. The lowest BCUT2D eigenvalue weighted by molar-refractivity contribution is -0.169. The van der Waals surface area contributed by atoms with Crippen LogP contribution in [0.4, 0.5) is 0 Å². The van der Waals surface area contributed by atoms with Crippen LogP contribution in [0.3, 0.4) is 0 Å². The number of nitrogens with zero attached hydrogens (tertiary/aromatic N) is 1. The van der Waals surface area contributed by atoms with Crippen LogP contribution in [0.5, 0.6) is 17.2 Å². The highest BCUT2D eigenvalue weighted by Gasteiger charge is 2.45. The number of aliphatic hydroxyl groups is 1. The highest BCUT2D eigenvalue weighted by atomic mass is 32.1. The normalized spacial score (nSPS) is 16.2. The lowest BCUT2D eigenvalue weighted by atomic mass is 9.91. The van der Waals surface area contributed by atoms with Crippen molar-refractivity contribution in [3.05, 3.63) is 108 Å². The van der Waals surface area contributed by atoms with Crippen LogP contribution >= 0.6 is 22.7 Å². The van der Waals surface area contributed by atoms with E-state index in [-0.39, 0.29) is 17.4 Å². The summed E-state index contributed by atoms with van der Waals surface area (Å²) >= 11 is 2.72. The largest absolute Gasteiger partial charge is 0.506 e. The van der Waals surface area contributed by atoms with Gasteiger partial charge in [0.2, 0.25) is 11.2 Å². The van der Waals surface area contributed by atoms with E-state index in [0.29, 0.717) is 41.0 Å². The topological polar surface area (TPSA) is 133 Å². The summed E-state index contributed by atoms with van der Waals surface area (Å²) < 4.78 is 18.0. The number of aromatic nitrogens is 1. The molecule has 0 spiro atoms. The summed E-state index contributed by atoms with van der Waals surface area (Å²) in [5, 5.41) is 29.8. The zero-order valence-electron chi connectivity index (χ0n) is 31.3. The van der Waals surface area contributed by atoms with Crippen LogP contribution in [0.25, 0.3) is 10.9 Å². The van der Waals surface area contributed by atoms with Gasteiger partial charge in [0.15, 0.2) is 0 Å². The molecule has 0 bridgehead atoms. The zero-order chi connectivity index (χ0) is 38.1. The van der Waals surface area contributed by atoms with Crippen molar-refractivity contribution in [1.29, 1.82) is 0 Å². The number of hydrogen-bond donors (Lipinski definition) is 4. The van der Waals surface area contributed by atoms with Crippen LogP contribution in [-0.2, 0) is 34.5 Å². The number of rotatable bonds is 18. The first-order chi connectivity index (χ1) is 26.2. The van der Waals surface area contributed by atoms with Crippen LogP contribution in [0, 0.1) is 0 Å². The van der Waals surface area contributed by atoms with E-state index in [1.807, 2.05) is 35.0 Å². The summed E-state index contributed by atoms with van der Waals surface area (Å²) in [5.41, 5.74) is 1.71. The number of benzene rings is 2. The van der Waals surface area contributed by atoms with E-state index in [1.165, 1.54) is 28.7 Å². The molecule has 1 aliphatic rings. The Balaban J connectivity index is 0.922. The van der Waals surface area contributed by atoms with Crippen LogP contribution in [0.15, 0.2) is 76.2 Å². The summed E-state index contributed by atoms with van der Waals surface area (Å²) in [4.78, 5) is 31.4. The minimum Gasteiger partial charge on any atom is -0.506 e. The Hall–Kier alpha value is -4.20. The number of pyridine rings is 1. The number of aromatic amines is 1. The highest BCUT2D eigenvalue weighted by molar-refractivity contribution is 7.12. The molecule has 0 radical (unpaired) electrons. The average Bonchev–Trinajstić information content (AvgIpc) is 3.94. The van der Waals surface area contributed by atoms with Gasteiger partial charge >= 0.3 is 5.97 Å². The van der Waals surface area contributed by atoms with Crippen molar-refractivity contribution < 1.29 is 29.2 Å². The molecule has 2 aromatic carbocycles. The molecule has 12 heteroatoms. The Kier molecular flexibility index (Phi) is 13.5. The van der Waals surface area contributed by atoms with E-state index in [2.05, 4.69) is 35.2 Å². The summed E-state index contributed by atoms with van der Waals surface area (Å²) in [6.07, 6.45) is 6.75. The number of phenolic OH excluding ortho intramolecular Hbond substituents is 1. The van der Waals surface area contributed by atoms with Gasteiger partial charge in [0.25, 0.3) is 0 Å². The quantitative estimate of drug-likeness (QED) is 0.0542. The summed E-state index contributed by atoms with van der Waals surface area (Å²) in [6, 6.07) is 18.6. The Morgan fingerprint density at radius 3 is 2.37 bits per heavy atom. The van der Waals surface area contributed by atoms with E-state index >= 15 is 0 Å². The first-order valence-corrected chi connectivity index (χ1v) is 20.6. The number of aryl methyl sites for hydroxylation is 1. The predicted octanol–water partition coefficient (Wildman–Crippen LogP) is 7.14. The van der Waals surface area contributed by atoms with Gasteiger partial charge in [-0.3, -0.25) is 4.79 Å². The minimum atomic E-state index is -1.77. The number of H-pyrrole nitrogens is 1. The Morgan fingerprint density at radius 2 is 1.70 bits per heavy atom. The van der Waals surface area contributed by atoms with Gasteiger partial charge in [-0.05, 0) is 124 Å². The van der Waals surface area contributed by atoms with E-state index in [1.54, 1.807) is 31.4 Å². The molecule has 54 heavy (non-hydrogen) atoms. The third kappa shape index (κ3) is 9.18. The van der Waals surface area contributed by atoms with Crippen molar-refractivity contribution in [3.63, 3.8) is 0 Å². The molecule has 1 aliphatic carbocycles. The molecule has 5 aromatic rings. The van der Waals surface area contributed by atoms with Crippen molar-refractivity contribution in [2.75, 3.05) is 33.9 Å². The molecule has 1 saturated carbocycles. The van der Waals surface area contributed by atoms with Crippen molar-refractivity contribution in [3.8, 4) is 17.2 Å². The maximum absolute atomic E-state index is 13.4. The number of unbranched alkanes of at least 4 members (excludes halogenated alkanes) is 1. The second kappa shape index (κ2) is 18.4. The number of methoxy groups -OCH3 is 1. The Labute approximate surface area is 324 Å². The lowest BCUT2D eigenvalue weighted by Gasteiger charge is -2.35. The number of thiophene rings is 2. The number of aromatic hydroxyl groups is 1. The number of ether oxygens (including phenoxy) is 3. The molecule has 0 unspecified atom stereocenters. The molecule has 3 heterocycles. The van der Waals surface area contributed by atoms with Gasteiger partial charge in [-0.1, -0.05) is 25.1 Å². The zero-order valence-corrected chi connectivity index (χ0v) is 32.9. The molecule has 288 valence electrons. The third-order valence-corrected chi connectivity index (χ3v) is 12.4. The second-order valence-electron chi connectivity index (χ2n) is 13.9. The van der Waals surface area contributed by atoms with Crippen molar-refractivity contribution in [2.45, 2.75) is 82.6 Å². The van der Waals surface area contributed by atoms with Crippen LogP contribution in [0.1, 0.15) is 71.9 Å². The number of carbonyl (C=O) groups is 1. The van der Waals surface area contributed by atoms with E-state index in [0.717, 1.165) is 91.5 Å². The molecule has 3 aromatic heterocycles. The highest BCUT2D eigenvalue weighted by Crippen LogP contribution is 2.38. The van der Waals surface area contributed by atoms with Gasteiger partial charge in [-0.25, -0.2) is 4.79 Å². The number of phenols is 1. The van der Waals surface area contributed by atoms with Gasteiger partial charge in [0, 0.05) is 35.7 Å². The number of esters is 1. The fourth-order valence-corrected chi connectivity index (χ4v) is 9.03.